The van der Waals surface area contributed by atoms with Crippen molar-refractivity contribution in [1.82, 2.24) is 13.9 Å². The molecular weight excluding hydrogens is 254 g/mol. The Balaban J connectivity index is 3.55. The van der Waals surface area contributed by atoms with Crippen LogP contribution in [0.2, 0.25) is 0 Å². The van der Waals surface area contributed by atoms with Gasteiger partial charge in [0.1, 0.15) is 0 Å². The van der Waals surface area contributed by atoms with E-state index in [0.717, 1.165) is 32.6 Å². The Bertz CT molecular complexity index is 294. The second-order valence-electron chi connectivity index (χ2n) is 4.27. The van der Waals surface area contributed by atoms with E-state index in [1.165, 1.54) is 22.7 Å². The number of likely N-dealkylation sites (N-methyl/N-ethyl adjacent to an activating group) is 1. The molecule has 0 aromatic rings. The smallest absolute Gasteiger partial charge is 0.281 e. The molecule has 0 aromatic heterocycles. The quantitative estimate of drug-likeness (QED) is 0.547. The standard InChI is InChI=1S/C11H27N3O3S/c1-5-17-11-7-6-8-12-9-10-14(4)18(15,16)13(2)3/h12H,5-11H2,1-4H3. The van der Waals surface area contributed by atoms with Crippen LogP contribution in [0, 0.1) is 0 Å². The van der Waals surface area contributed by atoms with Crippen LogP contribution in [0.4, 0.5) is 0 Å². The van der Waals surface area contributed by atoms with Gasteiger partial charge in [-0.1, -0.05) is 0 Å². The predicted octanol–water partition coefficient (Wildman–Crippen LogP) is 0.131. The highest BCUT2D eigenvalue weighted by atomic mass is 32.2. The number of hydrogen-bond acceptors (Lipinski definition) is 4. The molecule has 0 fully saturated rings. The zero-order valence-electron chi connectivity index (χ0n) is 12.0. The van der Waals surface area contributed by atoms with E-state index in [4.69, 9.17) is 4.74 Å². The molecule has 0 aliphatic rings. The van der Waals surface area contributed by atoms with E-state index in [1.54, 1.807) is 7.05 Å². The van der Waals surface area contributed by atoms with Crippen LogP contribution in [0.15, 0.2) is 0 Å². The minimum Gasteiger partial charge on any atom is -0.382 e. The van der Waals surface area contributed by atoms with Gasteiger partial charge in [0.15, 0.2) is 0 Å². The first-order valence-electron chi connectivity index (χ1n) is 6.35. The maximum absolute atomic E-state index is 11.7. The van der Waals surface area contributed by atoms with Gasteiger partial charge >= 0.3 is 0 Å². The summed E-state index contributed by atoms with van der Waals surface area (Å²) in [6.07, 6.45) is 2.08. The monoisotopic (exact) mass is 281 g/mol. The van der Waals surface area contributed by atoms with Crippen molar-refractivity contribution in [2.24, 2.45) is 0 Å². The van der Waals surface area contributed by atoms with E-state index < -0.39 is 10.2 Å². The highest BCUT2D eigenvalue weighted by Gasteiger charge is 2.19. The molecule has 7 heteroatoms. The number of unbranched alkanes of at least 4 members (excludes halogenated alkanes) is 1. The molecule has 0 heterocycles. The molecule has 110 valence electrons. The number of nitrogens with zero attached hydrogens (tertiary/aromatic N) is 2. The summed E-state index contributed by atoms with van der Waals surface area (Å²) in [5.74, 6) is 0. The number of hydrogen-bond donors (Lipinski definition) is 1. The summed E-state index contributed by atoms with van der Waals surface area (Å²) in [5, 5.41) is 3.22. The lowest BCUT2D eigenvalue weighted by atomic mass is 10.3. The highest BCUT2D eigenvalue weighted by Crippen LogP contribution is 1.99. The zero-order valence-corrected chi connectivity index (χ0v) is 12.8. The minimum absolute atomic E-state index is 0.478. The summed E-state index contributed by atoms with van der Waals surface area (Å²) >= 11 is 0. The van der Waals surface area contributed by atoms with Crippen molar-refractivity contribution >= 4 is 10.2 Å². The molecule has 18 heavy (non-hydrogen) atoms. The summed E-state index contributed by atoms with van der Waals surface area (Å²) in [7, 11) is 1.38. The Kier molecular flexibility index (Phi) is 9.57. The molecule has 0 aliphatic carbocycles. The molecule has 0 atom stereocenters. The Labute approximate surface area is 111 Å². The molecular formula is C11H27N3O3S. The zero-order chi connectivity index (χ0) is 14.0. The summed E-state index contributed by atoms with van der Waals surface area (Å²) < 4.78 is 31.1. The summed E-state index contributed by atoms with van der Waals surface area (Å²) in [6.45, 7) is 5.58. The second-order valence-corrected chi connectivity index (χ2v) is 6.52. The van der Waals surface area contributed by atoms with Gasteiger partial charge in [0.2, 0.25) is 0 Å². The first-order valence-corrected chi connectivity index (χ1v) is 7.74. The van der Waals surface area contributed by atoms with Crippen LogP contribution in [0.3, 0.4) is 0 Å². The van der Waals surface area contributed by atoms with E-state index in [0.29, 0.717) is 13.1 Å². The van der Waals surface area contributed by atoms with E-state index in [1.807, 2.05) is 6.92 Å². The second kappa shape index (κ2) is 9.69. The molecule has 0 saturated heterocycles. The fourth-order valence-corrected chi connectivity index (χ4v) is 2.23. The summed E-state index contributed by atoms with van der Waals surface area (Å²) in [5.41, 5.74) is 0. The SMILES string of the molecule is CCOCCCCNCCN(C)S(=O)(=O)N(C)C. The lowest BCUT2D eigenvalue weighted by Gasteiger charge is -2.21. The lowest BCUT2D eigenvalue weighted by molar-refractivity contribution is 0.143. The maximum Gasteiger partial charge on any atom is 0.281 e. The van der Waals surface area contributed by atoms with Gasteiger partial charge in [0, 0.05) is 47.4 Å². The molecule has 1 N–H and O–H groups in total. The Morgan fingerprint density at radius 2 is 1.78 bits per heavy atom. The third-order valence-electron chi connectivity index (χ3n) is 2.56. The third kappa shape index (κ3) is 7.27. The molecule has 0 radical (unpaired) electrons. The first-order chi connectivity index (χ1) is 8.42. The number of ether oxygens (including phenoxy) is 1. The molecule has 0 spiro atoms. The molecule has 0 amide bonds. The van der Waals surface area contributed by atoms with Crippen molar-refractivity contribution in [2.75, 3.05) is 54.0 Å². The van der Waals surface area contributed by atoms with Crippen molar-refractivity contribution in [1.29, 1.82) is 0 Å². The van der Waals surface area contributed by atoms with Crippen LogP contribution >= 0.6 is 0 Å². The van der Waals surface area contributed by atoms with Crippen LogP contribution in [0.5, 0.6) is 0 Å². The van der Waals surface area contributed by atoms with Gasteiger partial charge in [-0.25, -0.2) is 0 Å². The first kappa shape index (κ1) is 17.8. The summed E-state index contributed by atoms with van der Waals surface area (Å²) in [4.78, 5) is 0. The van der Waals surface area contributed by atoms with Gasteiger partial charge in [-0.15, -0.1) is 0 Å². The average Bonchev–Trinajstić information content (AvgIpc) is 2.32. The topological polar surface area (TPSA) is 61.9 Å². The van der Waals surface area contributed by atoms with Gasteiger partial charge < -0.3 is 10.1 Å². The van der Waals surface area contributed by atoms with Gasteiger partial charge in [-0.2, -0.15) is 17.0 Å². The van der Waals surface area contributed by atoms with Crippen LogP contribution in [-0.2, 0) is 14.9 Å². The van der Waals surface area contributed by atoms with Crippen molar-refractivity contribution in [2.45, 2.75) is 19.8 Å². The highest BCUT2D eigenvalue weighted by molar-refractivity contribution is 7.86. The number of nitrogens with one attached hydrogen (secondary N) is 1. The van der Waals surface area contributed by atoms with Crippen molar-refractivity contribution in [3.8, 4) is 0 Å². The van der Waals surface area contributed by atoms with Crippen LogP contribution in [0.25, 0.3) is 0 Å². The minimum atomic E-state index is -3.27. The van der Waals surface area contributed by atoms with Gasteiger partial charge in [-0.3, -0.25) is 0 Å². The van der Waals surface area contributed by atoms with E-state index in [2.05, 4.69) is 5.32 Å². The Hall–Kier alpha value is -0.210. The van der Waals surface area contributed by atoms with Crippen molar-refractivity contribution in [3.63, 3.8) is 0 Å². The van der Waals surface area contributed by atoms with E-state index in [-0.39, 0.29) is 0 Å². The van der Waals surface area contributed by atoms with Gasteiger partial charge in [0.25, 0.3) is 10.2 Å². The molecule has 0 unspecified atom stereocenters. The van der Waals surface area contributed by atoms with Crippen LogP contribution in [-0.4, -0.2) is 71.0 Å². The lowest BCUT2D eigenvalue weighted by Crippen LogP contribution is -2.40. The molecule has 0 bridgehead atoms. The molecule has 0 aliphatic heterocycles. The Morgan fingerprint density at radius 1 is 1.11 bits per heavy atom. The summed E-state index contributed by atoms with van der Waals surface area (Å²) in [6, 6.07) is 0. The molecule has 0 saturated carbocycles. The van der Waals surface area contributed by atoms with Gasteiger partial charge in [0.05, 0.1) is 0 Å². The third-order valence-corrected chi connectivity index (χ3v) is 4.45. The molecule has 6 nitrogen and oxygen atoms in total. The largest absolute Gasteiger partial charge is 0.382 e. The van der Waals surface area contributed by atoms with Gasteiger partial charge in [-0.05, 0) is 26.3 Å². The van der Waals surface area contributed by atoms with Crippen LogP contribution in [0.1, 0.15) is 19.8 Å². The predicted molar refractivity (Wildman–Crippen MR) is 73.8 cm³/mol. The molecule has 0 aromatic carbocycles. The van der Waals surface area contributed by atoms with E-state index in [9.17, 15) is 8.42 Å². The van der Waals surface area contributed by atoms with Crippen molar-refractivity contribution < 1.29 is 13.2 Å². The fraction of sp³-hybridized carbons (Fsp3) is 1.00. The Morgan fingerprint density at radius 3 is 2.33 bits per heavy atom. The number of rotatable bonds is 11. The van der Waals surface area contributed by atoms with E-state index >= 15 is 0 Å². The normalized spacial score (nSPS) is 12.6. The average molecular weight is 281 g/mol. The maximum atomic E-state index is 11.7. The van der Waals surface area contributed by atoms with Crippen LogP contribution < -0.4 is 5.32 Å². The van der Waals surface area contributed by atoms with Crippen molar-refractivity contribution in [3.05, 3.63) is 0 Å². The molecule has 0 rings (SSSR count). The fourth-order valence-electron chi connectivity index (χ4n) is 1.35.